The van der Waals surface area contributed by atoms with Crippen molar-refractivity contribution in [2.24, 2.45) is 0 Å². The third-order valence-electron chi connectivity index (χ3n) is 3.65. The molecule has 0 aliphatic heterocycles. The number of hydrogen-bond donors (Lipinski definition) is 1. The first-order valence-electron chi connectivity index (χ1n) is 7.32. The topological polar surface area (TPSA) is 58.6 Å². The number of rotatable bonds is 5. The van der Waals surface area contributed by atoms with Crippen LogP contribution in [0, 0.1) is 13.8 Å². The van der Waals surface area contributed by atoms with E-state index in [0.717, 1.165) is 35.2 Å². The zero-order valence-electron chi connectivity index (χ0n) is 13.4. The molecule has 1 N–H and O–H groups in total. The van der Waals surface area contributed by atoms with Crippen LogP contribution in [0.3, 0.4) is 0 Å². The summed E-state index contributed by atoms with van der Waals surface area (Å²) in [5.41, 5.74) is 2.78. The van der Waals surface area contributed by atoms with Crippen molar-refractivity contribution in [2.75, 3.05) is 26.0 Å². The van der Waals surface area contributed by atoms with E-state index in [-0.39, 0.29) is 6.04 Å². The van der Waals surface area contributed by atoms with E-state index in [4.69, 9.17) is 4.42 Å². The van der Waals surface area contributed by atoms with Crippen LogP contribution in [0.5, 0.6) is 0 Å². The Morgan fingerprint density at radius 3 is 2.77 bits per heavy atom. The fraction of sp³-hybridized carbons (Fsp3) is 0.375. The predicted octanol–water partition coefficient (Wildman–Crippen LogP) is 2.65. The first-order valence-corrected chi connectivity index (χ1v) is 7.32. The molecule has 1 unspecified atom stereocenters. The summed E-state index contributed by atoms with van der Waals surface area (Å²) in [6.45, 7) is 4.68. The fourth-order valence-electron chi connectivity index (χ4n) is 2.56. The summed E-state index contributed by atoms with van der Waals surface area (Å²) in [5.74, 6) is 1.88. The number of hydrogen-bond acceptors (Lipinski definition) is 5. The predicted molar refractivity (Wildman–Crippen MR) is 86.1 cm³/mol. The van der Waals surface area contributed by atoms with Gasteiger partial charge in [0, 0.05) is 24.4 Å². The molecular weight excluding hydrogens is 278 g/mol. The van der Waals surface area contributed by atoms with Crippen molar-refractivity contribution >= 4 is 11.5 Å². The molecule has 0 spiro atoms. The molecule has 3 aromatic heterocycles. The Kier molecular flexibility index (Phi) is 3.85. The van der Waals surface area contributed by atoms with Gasteiger partial charge in [-0.25, -0.2) is 4.98 Å². The molecule has 3 rings (SSSR count). The Labute approximate surface area is 129 Å². The van der Waals surface area contributed by atoms with Gasteiger partial charge in [0.1, 0.15) is 11.6 Å². The number of fused-ring (bicyclic) bond motifs is 1. The Morgan fingerprint density at radius 1 is 1.27 bits per heavy atom. The minimum absolute atomic E-state index is 0.148. The van der Waals surface area contributed by atoms with Gasteiger partial charge in [0.25, 0.3) is 0 Å². The molecule has 0 aliphatic carbocycles. The Morgan fingerprint density at radius 2 is 2.09 bits per heavy atom. The van der Waals surface area contributed by atoms with Crippen LogP contribution in [-0.2, 0) is 0 Å². The lowest BCUT2D eigenvalue weighted by Crippen LogP contribution is -2.27. The number of anilines is 1. The quantitative estimate of drug-likeness (QED) is 0.785. The maximum Gasteiger partial charge on any atom is 0.157 e. The molecule has 3 aromatic rings. The summed E-state index contributed by atoms with van der Waals surface area (Å²) in [6, 6.07) is 8.05. The van der Waals surface area contributed by atoms with Gasteiger partial charge in [-0.2, -0.15) is 9.61 Å². The molecule has 0 bridgehead atoms. The Bertz CT molecular complexity index is 760. The largest absolute Gasteiger partial charge is 0.468 e. The summed E-state index contributed by atoms with van der Waals surface area (Å²) < 4.78 is 7.39. The van der Waals surface area contributed by atoms with Crippen LogP contribution in [0.1, 0.15) is 23.2 Å². The van der Waals surface area contributed by atoms with Gasteiger partial charge < -0.3 is 9.73 Å². The highest BCUT2D eigenvalue weighted by atomic mass is 16.3. The molecule has 6 nitrogen and oxygen atoms in total. The van der Waals surface area contributed by atoms with Crippen LogP contribution in [0.4, 0.5) is 5.82 Å². The summed E-state index contributed by atoms with van der Waals surface area (Å²) in [7, 11) is 4.08. The van der Waals surface area contributed by atoms with E-state index in [9.17, 15) is 0 Å². The van der Waals surface area contributed by atoms with Crippen molar-refractivity contribution in [1.82, 2.24) is 19.5 Å². The Hall–Kier alpha value is -2.34. The van der Waals surface area contributed by atoms with Gasteiger partial charge in [-0.05, 0) is 40.1 Å². The zero-order chi connectivity index (χ0) is 15.7. The van der Waals surface area contributed by atoms with E-state index in [1.165, 1.54) is 0 Å². The SMILES string of the molecule is Cc1cc(NCC(c2ccco2)N(C)C)n2nc(C)cc2n1. The highest BCUT2D eigenvalue weighted by Gasteiger charge is 2.17. The highest BCUT2D eigenvalue weighted by molar-refractivity contribution is 5.50. The molecule has 0 aromatic carbocycles. The molecule has 0 amide bonds. The molecule has 116 valence electrons. The second-order valence-electron chi connectivity index (χ2n) is 5.71. The number of aromatic nitrogens is 3. The van der Waals surface area contributed by atoms with Gasteiger partial charge in [-0.3, -0.25) is 4.90 Å². The van der Waals surface area contributed by atoms with Gasteiger partial charge in [0.15, 0.2) is 5.65 Å². The minimum Gasteiger partial charge on any atom is -0.468 e. The standard InChI is InChI=1S/C16H21N5O/c1-11-8-15(21-16(18-11)9-12(2)19-21)17-10-13(20(3)4)14-6-5-7-22-14/h5-9,13,17H,10H2,1-4H3. The molecular formula is C16H21N5O. The lowest BCUT2D eigenvalue weighted by atomic mass is 10.2. The van der Waals surface area contributed by atoms with E-state index in [2.05, 4.69) is 20.3 Å². The third kappa shape index (κ3) is 2.82. The van der Waals surface area contributed by atoms with E-state index in [1.807, 2.05) is 56.7 Å². The molecule has 0 saturated carbocycles. The van der Waals surface area contributed by atoms with Crippen molar-refractivity contribution in [2.45, 2.75) is 19.9 Å². The number of aryl methyl sites for hydroxylation is 2. The maximum absolute atomic E-state index is 5.54. The van der Waals surface area contributed by atoms with Gasteiger partial charge in [0.2, 0.25) is 0 Å². The lowest BCUT2D eigenvalue weighted by molar-refractivity contribution is 0.269. The van der Waals surface area contributed by atoms with E-state index >= 15 is 0 Å². The van der Waals surface area contributed by atoms with Crippen LogP contribution in [0.15, 0.2) is 34.9 Å². The maximum atomic E-state index is 5.54. The van der Waals surface area contributed by atoms with Crippen molar-refractivity contribution in [1.29, 1.82) is 0 Å². The summed E-state index contributed by atoms with van der Waals surface area (Å²) in [5, 5.41) is 7.96. The van der Waals surface area contributed by atoms with Crippen LogP contribution in [0.2, 0.25) is 0 Å². The van der Waals surface area contributed by atoms with Crippen LogP contribution < -0.4 is 5.32 Å². The molecule has 0 aliphatic rings. The monoisotopic (exact) mass is 299 g/mol. The van der Waals surface area contributed by atoms with Crippen molar-refractivity contribution < 1.29 is 4.42 Å². The second-order valence-corrected chi connectivity index (χ2v) is 5.71. The zero-order valence-corrected chi connectivity index (χ0v) is 13.4. The summed E-state index contributed by atoms with van der Waals surface area (Å²) in [6.07, 6.45) is 1.71. The van der Waals surface area contributed by atoms with Crippen LogP contribution in [0.25, 0.3) is 5.65 Å². The molecule has 0 saturated heterocycles. The molecule has 0 fully saturated rings. The lowest BCUT2D eigenvalue weighted by Gasteiger charge is -2.23. The molecule has 1 atom stereocenters. The first kappa shape index (κ1) is 14.6. The number of nitrogens with one attached hydrogen (secondary N) is 1. The van der Waals surface area contributed by atoms with Gasteiger partial charge >= 0.3 is 0 Å². The van der Waals surface area contributed by atoms with Crippen LogP contribution >= 0.6 is 0 Å². The fourth-order valence-corrected chi connectivity index (χ4v) is 2.56. The number of furan rings is 1. The van der Waals surface area contributed by atoms with Crippen molar-refractivity contribution in [3.05, 3.63) is 47.7 Å². The number of likely N-dealkylation sites (N-methyl/N-ethyl adjacent to an activating group) is 1. The van der Waals surface area contributed by atoms with Gasteiger partial charge in [-0.15, -0.1) is 0 Å². The Balaban J connectivity index is 1.86. The molecule has 3 heterocycles. The van der Waals surface area contributed by atoms with Crippen LogP contribution in [-0.4, -0.2) is 40.1 Å². The normalized spacial score (nSPS) is 13.0. The average molecular weight is 299 g/mol. The smallest absolute Gasteiger partial charge is 0.157 e. The minimum atomic E-state index is 0.148. The van der Waals surface area contributed by atoms with Crippen molar-refractivity contribution in [3.63, 3.8) is 0 Å². The van der Waals surface area contributed by atoms with E-state index in [0.29, 0.717) is 0 Å². The highest BCUT2D eigenvalue weighted by Crippen LogP contribution is 2.20. The molecule has 22 heavy (non-hydrogen) atoms. The third-order valence-corrected chi connectivity index (χ3v) is 3.65. The average Bonchev–Trinajstić information content (AvgIpc) is 3.07. The molecule has 6 heteroatoms. The van der Waals surface area contributed by atoms with Crippen molar-refractivity contribution in [3.8, 4) is 0 Å². The van der Waals surface area contributed by atoms with E-state index < -0.39 is 0 Å². The summed E-state index contributed by atoms with van der Waals surface area (Å²) >= 11 is 0. The first-order chi connectivity index (χ1) is 10.5. The number of nitrogens with zero attached hydrogens (tertiary/aromatic N) is 4. The summed E-state index contributed by atoms with van der Waals surface area (Å²) in [4.78, 5) is 6.63. The molecule has 0 radical (unpaired) electrons. The van der Waals surface area contributed by atoms with Gasteiger partial charge in [-0.1, -0.05) is 0 Å². The van der Waals surface area contributed by atoms with Gasteiger partial charge in [0.05, 0.1) is 18.0 Å². The second kappa shape index (κ2) is 5.81. The van der Waals surface area contributed by atoms with E-state index in [1.54, 1.807) is 6.26 Å².